The standard InChI is InChI=1S/C19H22ClN3O3/c1-21-6-5-14(12-18(21)24)19(25)23-9-7-22(8-10-23)13-15-11-16(20)3-4-17(15)26-2/h3-6,11-12H,7-10,13H2,1-2H3. The van der Waals surface area contributed by atoms with Gasteiger partial charge in [-0.25, -0.2) is 0 Å². The SMILES string of the molecule is COc1ccc(Cl)cc1CN1CCN(C(=O)c2ccn(C)c(=O)c2)CC1. The number of rotatable bonds is 4. The first kappa shape index (κ1) is 18.5. The third kappa shape index (κ3) is 4.08. The average molecular weight is 376 g/mol. The van der Waals surface area contributed by atoms with Gasteiger partial charge in [-0.15, -0.1) is 0 Å². The predicted molar refractivity (Wildman–Crippen MR) is 101 cm³/mol. The molecule has 1 fully saturated rings. The van der Waals surface area contributed by atoms with Gasteiger partial charge in [0, 0.05) is 68.2 Å². The molecule has 3 rings (SSSR count). The van der Waals surface area contributed by atoms with Crippen LogP contribution in [0.15, 0.2) is 41.3 Å². The van der Waals surface area contributed by atoms with Crippen LogP contribution >= 0.6 is 11.6 Å². The predicted octanol–water partition coefficient (Wildman–Crippen LogP) is 2.01. The molecule has 1 aromatic carbocycles. The minimum atomic E-state index is -0.178. The molecule has 0 unspecified atom stereocenters. The molecule has 0 radical (unpaired) electrons. The molecule has 0 bridgehead atoms. The average Bonchev–Trinajstić information content (AvgIpc) is 2.64. The fourth-order valence-electron chi connectivity index (χ4n) is 3.08. The van der Waals surface area contributed by atoms with Gasteiger partial charge in [0.05, 0.1) is 7.11 Å². The molecule has 1 amide bonds. The van der Waals surface area contributed by atoms with Crippen LogP contribution in [0, 0.1) is 0 Å². The van der Waals surface area contributed by atoms with Crippen molar-refractivity contribution in [3.05, 3.63) is 63.0 Å². The van der Waals surface area contributed by atoms with Crippen LogP contribution in [0.2, 0.25) is 5.02 Å². The van der Waals surface area contributed by atoms with Crippen LogP contribution in [0.25, 0.3) is 0 Å². The summed E-state index contributed by atoms with van der Waals surface area (Å²) in [5, 5.41) is 0.681. The summed E-state index contributed by atoms with van der Waals surface area (Å²) in [6.45, 7) is 3.48. The Hall–Kier alpha value is -2.31. The number of carbonyl (C=O) groups excluding carboxylic acids is 1. The lowest BCUT2D eigenvalue weighted by Crippen LogP contribution is -2.48. The lowest BCUT2D eigenvalue weighted by atomic mass is 10.1. The number of carbonyl (C=O) groups is 1. The Kier molecular flexibility index (Phi) is 5.64. The van der Waals surface area contributed by atoms with E-state index in [2.05, 4.69) is 4.90 Å². The number of ether oxygens (including phenoxy) is 1. The second kappa shape index (κ2) is 7.93. The van der Waals surface area contributed by atoms with Crippen molar-refractivity contribution in [1.82, 2.24) is 14.4 Å². The number of aromatic nitrogens is 1. The fraction of sp³-hybridized carbons (Fsp3) is 0.368. The van der Waals surface area contributed by atoms with E-state index in [1.54, 1.807) is 31.3 Å². The highest BCUT2D eigenvalue weighted by Gasteiger charge is 2.23. The van der Waals surface area contributed by atoms with E-state index in [4.69, 9.17) is 16.3 Å². The van der Waals surface area contributed by atoms with Crippen molar-refractivity contribution in [3.63, 3.8) is 0 Å². The number of methoxy groups -OCH3 is 1. The Balaban J connectivity index is 1.62. The van der Waals surface area contributed by atoms with E-state index in [0.29, 0.717) is 23.7 Å². The van der Waals surface area contributed by atoms with Gasteiger partial charge in [0.2, 0.25) is 0 Å². The topological polar surface area (TPSA) is 54.8 Å². The molecular formula is C19H22ClN3O3. The largest absolute Gasteiger partial charge is 0.496 e. The van der Waals surface area contributed by atoms with Crippen LogP contribution in [0.5, 0.6) is 5.75 Å². The van der Waals surface area contributed by atoms with Crippen LogP contribution in [0.1, 0.15) is 15.9 Å². The minimum Gasteiger partial charge on any atom is -0.496 e. The lowest BCUT2D eigenvalue weighted by molar-refractivity contribution is 0.0627. The van der Waals surface area contributed by atoms with Gasteiger partial charge in [0.15, 0.2) is 0 Å². The molecule has 1 aliphatic rings. The van der Waals surface area contributed by atoms with Crippen LogP contribution in [-0.2, 0) is 13.6 Å². The Bertz CT molecular complexity index is 857. The maximum atomic E-state index is 12.6. The van der Waals surface area contributed by atoms with E-state index in [1.807, 2.05) is 18.2 Å². The summed E-state index contributed by atoms with van der Waals surface area (Å²) in [7, 11) is 3.31. The van der Waals surface area contributed by atoms with E-state index in [0.717, 1.165) is 30.9 Å². The summed E-state index contributed by atoms with van der Waals surface area (Å²) in [6, 6.07) is 8.67. The Morgan fingerprint density at radius 3 is 2.54 bits per heavy atom. The van der Waals surface area contributed by atoms with Gasteiger partial charge in [-0.3, -0.25) is 14.5 Å². The first-order valence-corrected chi connectivity index (χ1v) is 8.86. The highest BCUT2D eigenvalue weighted by atomic mass is 35.5. The number of piperazine rings is 1. The Morgan fingerprint density at radius 1 is 1.15 bits per heavy atom. The molecule has 0 saturated carbocycles. The summed E-state index contributed by atoms with van der Waals surface area (Å²) >= 11 is 6.09. The van der Waals surface area contributed by atoms with Crippen molar-refractivity contribution >= 4 is 17.5 Å². The van der Waals surface area contributed by atoms with E-state index in [1.165, 1.54) is 10.6 Å². The molecule has 0 spiro atoms. The quantitative estimate of drug-likeness (QED) is 0.820. The molecule has 2 aromatic rings. The number of hydrogen-bond donors (Lipinski definition) is 0. The summed E-state index contributed by atoms with van der Waals surface area (Å²) in [6.07, 6.45) is 1.62. The summed E-state index contributed by atoms with van der Waals surface area (Å²) in [4.78, 5) is 28.4. The Labute approximate surface area is 157 Å². The minimum absolute atomic E-state index is 0.0947. The molecule has 0 atom stereocenters. The number of pyridine rings is 1. The zero-order valence-electron chi connectivity index (χ0n) is 14.9. The second-order valence-corrected chi connectivity index (χ2v) is 6.83. The molecule has 1 aliphatic heterocycles. The first-order chi connectivity index (χ1) is 12.5. The third-order valence-corrected chi connectivity index (χ3v) is 4.88. The number of amides is 1. The van der Waals surface area contributed by atoms with Crippen molar-refractivity contribution in [1.29, 1.82) is 0 Å². The molecule has 138 valence electrons. The highest BCUT2D eigenvalue weighted by molar-refractivity contribution is 6.30. The van der Waals surface area contributed by atoms with Gasteiger partial charge in [-0.1, -0.05) is 11.6 Å². The van der Waals surface area contributed by atoms with Crippen molar-refractivity contribution in [2.75, 3.05) is 33.3 Å². The normalized spacial score (nSPS) is 15.1. The number of benzene rings is 1. The monoisotopic (exact) mass is 375 g/mol. The van der Waals surface area contributed by atoms with E-state index < -0.39 is 0 Å². The molecule has 26 heavy (non-hydrogen) atoms. The molecule has 0 N–H and O–H groups in total. The van der Waals surface area contributed by atoms with Gasteiger partial charge in [-0.2, -0.15) is 0 Å². The number of nitrogens with zero attached hydrogens (tertiary/aromatic N) is 3. The van der Waals surface area contributed by atoms with Crippen LogP contribution < -0.4 is 10.3 Å². The smallest absolute Gasteiger partial charge is 0.254 e. The summed E-state index contributed by atoms with van der Waals surface area (Å²) in [5.74, 6) is 0.718. The molecule has 7 heteroatoms. The van der Waals surface area contributed by atoms with Crippen molar-refractivity contribution in [2.24, 2.45) is 7.05 Å². The highest BCUT2D eigenvalue weighted by Crippen LogP contribution is 2.24. The Morgan fingerprint density at radius 2 is 1.88 bits per heavy atom. The zero-order valence-corrected chi connectivity index (χ0v) is 15.7. The maximum absolute atomic E-state index is 12.6. The zero-order chi connectivity index (χ0) is 18.7. The first-order valence-electron chi connectivity index (χ1n) is 8.48. The van der Waals surface area contributed by atoms with Gasteiger partial charge in [0.25, 0.3) is 11.5 Å². The second-order valence-electron chi connectivity index (χ2n) is 6.39. The molecule has 0 aliphatic carbocycles. The van der Waals surface area contributed by atoms with Gasteiger partial charge >= 0.3 is 0 Å². The van der Waals surface area contributed by atoms with Crippen molar-refractivity contribution < 1.29 is 9.53 Å². The van der Waals surface area contributed by atoms with E-state index in [-0.39, 0.29) is 11.5 Å². The lowest BCUT2D eigenvalue weighted by Gasteiger charge is -2.35. The van der Waals surface area contributed by atoms with Crippen LogP contribution in [0.4, 0.5) is 0 Å². The summed E-state index contributed by atoms with van der Waals surface area (Å²) < 4.78 is 6.85. The van der Waals surface area contributed by atoms with E-state index >= 15 is 0 Å². The molecule has 6 nitrogen and oxygen atoms in total. The van der Waals surface area contributed by atoms with Crippen molar-refractivity contribution in [3.8, 4) is 5.75 Å². The summed E-state index contributed by atoms with van der Waals surface area (Å²) in [5.41, 5.74) is 1.30. The number of halogens is 1. The van der Waals surface area contributed by atoms with Gasteiger partial charge in [-0.05, 0) is 24.3 Å². The van der Waals surface area contributed by atoms with Crippen LogP contribution in [0.3, 0.4) is 0 Å². The van der Waals surface area contributed by atoms with Crippen molar-refractivity contribution in [2.45, 2.75) is 6.54 Å². The number of aryl methyl sites for hydroxylation is 1. The number of hydrogen-bond acceptors (Lipinski definition) is 4. The molecular weight excluding hydrogens is 354 g/mol. The maximum Gasteiger partial charge on any atom is 0.254 e. The molecule has 2 heterocycles. The van der Waals surface area contributed by atoms with E-state index in [9.17, 15) is 9.59 Å². The van der Waals surface area contributed by atoms with Gasteiger partial charge < -0.3 is 14.2 Å². The third-order valence-electron chi connectivity index (χ3n) is 4.65. The van der Waals surface area contributed by atoms with Gasteiger partial charge in [0.1, 0.15) is 5.75 Å². The molecule has 1 saturated heterocycles. The molecule has 1 aromatic heterocycles. The fourth-order valence-corrected chi connectivity index (χ4v) is 3.28. The van der Waals surface area contributed by atoms with Crippen LogP contribution in [-0.4, -0.2) is 53.6 Å².